The summed E-state index contributed by atoms with van der Waals surface area (Å²) in [6.45, 7) is 0.861. The monoisotopic (exact) mass is 347 g/mol. The Balaban J connectivity index is 2.05. The minimum atomic E-state index is -3.27. The van der Waals surface area contributed by atoms with Crippen LogP contribution in [0.2, 0.25) is 0 Å². The maximum atomic E-state index is 12.5. The van der Waals surface area contributed by atoms with Gasteiger partial charge in [0.2, 0.25) is 15.9 Å². The topological polar surface area (TPSA) is 90.3 Å². The van der Waals surface area contributed by atoms with Gasteiger partial charge in [-0.05, 0) is 43.0 Å². The molecule has 1 aliphatic heterocycles. The molecule has 1 aromatic carbocycles. The molecule has 1 aliphatic rings. The lowest BCUT2D eigenvalue weighted by Crippen LogP contribution is -2.48. The maximum Gasteiger partial charge on any atom is 0.246 e. The lowest BCUT2D eigenvalue weighted by molar-refractivity contribution is -0.129. The van der Waals surface area contributed by atoms with Gasteiger partial charge < -0.3 is 4.90 Å². The Labute approximate surface area is 142 Å². The highest BCUT2D eigenvalue weighted by molar-refractivity contribution is 7.88. The van der Waals surface area contributed by atoms with Gasteiger partial charge >= 0.3 is 0 Å². The van der Waals surface area contributed by atoms with Crippen LogP contribution in [-0.4, -0.2) is 44.6 Å². The number of nitrogens with one attached hydrogen (secondary N) is 1. The first kappa shape index (κ1) is 18.2. The summed E-state index contributed by atoms with van der Waals surface area (Å²) in [5.74, 6) is -0.141. The average molecular weight is 347 g/mol. The fraction of sp³-hybridized carbons (Fsp3) is 0.412. The van der Waals surface area contributed by atoms with E-state index in [-0.39, 0.29) is 18.5 Å². The van der Waals surface area contributed by atoms with Crippen molar-refractivity contribution in [1.82, 2.24) is 9.62 Å². The molecule has 1 amide bonds. The molecule has 1 fully saturated rings. The number of sulfonamides is 1. The van der Waals surface area contributed by atoms with Gasteiger partial charge in [0.1, 0.15) is 0 Å². The summed E-state index contributed by atoms with van der Waals surface area (Å²) in [5.41, 5.74) is 1.32. The van der Waals surface area contributed by atoms with E-state index in [0.29, 0.717) is 12.1 Å². The third-order valence-electron chi connectivity index (χ3n) is 3.93. The number of carbonyl (C=O) groups is 1. The predicted molar refractivity (Wildman–Crippen MR) is 92.4 cm³/mol. The molecule has 7 heteroatoms. The van der Waals surface area contributed by atoms with Crippen molar-refractivity contribution in [3.05, 3.63) is 41.5 Å². The molecule has 1 saturated heterocycles. The van der Waals surface area contributed by atoms with Gasteiger partial charge in [0, 0.05) is 25.2 Å². The van der Waals surface area contributed by atoms with Gasteiger partial charge in [0.25, 0.3) is 0 Å². The smallest absolute Gasteiger partial charge is 0.246 e. The van der Waals surface area contributed by atoms with Crippen molar-refractivity contribution >= 4 is 22.0 Å². The van der Waals surface area contributed by atoms with E-state index in [1.54, 1.807) is 29.2 Å². The van der Waals surface area contributed by atoms with Crippen molar-refractivity contribution < 1.29 is 13.2 Å². The number of amides is 1. The van der Waals surface area contributed by atoms with Gasteiger partial charge in [-0.2, -0.15) is 5.26 Å². The maximum absolute atomic E-state index is 12.5. The van der Waals surface area contributed by atoms with Crippen LogP contribution in [-0.2, 0) is 14.8 Å². The third-order valence-corrected chi connectivity index (χ3v) is 4.62. The highest BCUT2D eigenvalue weighted by Gasteiger charge is 2.25. The highest BCUT2D eigenvalue weighted by atomic mass is 32.2. The molecule has 1 aromatic rings. The zero-order valence-electron chi connectivity index (χ0n) is 13.6. The molecule has 2 rings (SSSR count). The number of likely N-dealkylation sites (tertiary alicyclic amines) is 1. The predicted octanol–water partition coefficient (Wildman–Crippen LogP) is 1.50. The normalized spacial score (nSPS) is 18.5. The largest absolute Gasteiger partial charge is 0.335 e. The number of benzene rings is 1. The van der Waals surface area contributed by atoms with Crippen LogP contribution in [0.5, 0.6) is 0 Å². The summed E-state index contributed by atoms with van der Waals surface area (Å²) >= 11 is 0. The molecular weight excluding hydrogens is 326 g/mol. The molecule has 0 aliphatic carbocycles. The summed E-state index contributed by atoms with van der Waals surface area (Å²) < 4.78 is 25.0. The van der Waals surface area contributed by atoms with Crippen LogP contribution in [0.3, 0.4) is 0 Å². The van der Waals surface area contributed by atoms with Crippen LogP contribution in [0, 0.1) is 11.3 Å². The van der Waals surface area contributed by atoms with E-state index in [9.17, 15) is 13.2 Å². The molecule has 6 nitrogen and oxygen atoms in total. The zero-order valence-corrected chi connectivity index (χ0v) is 14.4. The zero-order chi connectivity index (χ0) is 17.6. The Morgan fingerprint density at radius 3 is 2.96 bits per heavy atom. The van der Waals surface area contributed by atoms with Crippen LogP contribution in [0.1, 0.15) is 30.4 Å². The third kappa shape index (κ3) is 5.48. The van der Waals surface area contributed by atoms with Crippen LogP contribution in [0.4, 0.5) is 0 Å². The SMILES string of the molecule is CS(=O)(=O)NC[C@@H]1CCCCN1C(=O)/C=C\c1cccc(C#N)c1. The van der Waals surface area contributed by atoms with Gasteiger partial charge in [0.05, 0.1) is 17.9 Å². The molecule has 1 atom stereocenters. The van der Waals surface area contributed by atoms with Crippen LogP contribution < -0.4 is 4.72 Å². The van der Waals surface area contributed by atoms with Gasteiger partial charge in [-0.25, -0.2) is 13.1 Å². The summed E-state index contributed by atoms with van der Waals surface area (Å²) in [6.07, 6.45) is 6.96. The van der Waals surface area contributed by atoms with Crippen LogP contribution in [0.15, 0.2) is 30.3 Å². The minimum absolute atomic E-state index is 0.129. The van der Waals surface area contributed by atoms with E-state index in [2.05, 4.69) is 10.8 Å². The Hall–Kier alpha value is -2.17. The Morgan fingerprint density at radius 1 is 1.46 bits per heavy atom. The van der Waals surface area contributed by atoms with Gasteiger partial charge in [-0.1, -0.05) is 12.1 Å². The number of nitrogens with zero attached hydrogens (tertiary/aromatic N) is 2. The molecule has 0 radical (unpaired) electrons. The highest BCUT2D eigenvalue weighted by Crippen LogP contribution is 2.17. The van der Waals surface area contributed by atoms with Crippen molar-refractivity contribution in [2.24, 2.45) is 0 Å². The minimum Gasteiger partial charge on any atom is -0.335 e. The number of carbonyl (C=O) groups excluding carboxylic acids is 1. The molecule has 1 heterocycles. The quantitative estimate of drug-likeness (QED) is 0.817. The molecule has 0 spiro atoms. The fourth-order valence-corrected chi connectivity index (χ4v) is 3.22. The average Bonchev–Trinajstić information content (AvgIpc) is 2.57. The van der Waals surface area contributed by atoms with E-state index in [1.807, 2.05) is 6.07 Å². The summed E-state index contributed by atoms with van der Waals surface area (Å²) in [5, 5.41) is 8.90. The van der Waals surface area contributed by atoms with E-state index in [1.165, 1.54) is 6.08 Å². The van der Waals surface area contributed by atoms with Crippen molar-refractivity contribution in [3.63, 3.8) is 0 Å². The first-order valence-electron chi connectivity index (χ1n) is 7.82. The van der Waals surface area contributed by atoms with E-state index in [4.69, 9.17) is 5.26 Å². The summed E-state index contributed by atoms with van der Waals surface area (Å²) in [7, 11) is -3.27. The fourth-order valence-electron chi connectivity index (χ4n) is 2.73. The molecule has 1 N–H and O–H groups in total. The Kier molecular flexibility index (Phi) is 6.12. The van der Waals surface area contributed by atoms with Crippen molar-refractivity contribution in [2.75, 3.05) is 19.3 Å². The summed E-state index contributed by atoms with van der Waals surface area (Å²) in [6, 6.07) is 8.94. The molecule has 0 saturated carbocycles. The van der Waals surface area contributed by atoms with E-state index >= 15 is 0 Å². The van der Waals surface area contributed by atoms with E-state index in [0.717, 1.165) is 31.1 Å². The first-order chi connectivity index (χ1) is 11.4. The lowest BCUT2D eigenvalue weighted by Gasteiger charge is -2.35. The molecule has 128 valence electrons. The second kappa shape index (κ2) is 8.08. The molecule has 0 unspecified atom stereocenters. The van der Waals surface area contributed by atoms with Crippen molar-refractivity contribution in [2.45, 2.75) is 25.3 Å². The molecule has 24 heavy (non-hydrogen) atoms. The lowest BCUT2D eigenvalue weighted by atomic mass is 10.0. The second-order valence-electron chi connectivity index (χ2n) is 5.87. The molecule has 0 bridgehead atoms. The Bertz CT molecular complexity index is 766. The number of hydrogen-bond acceptors (Lipinski definition) is 4. The van der Waals surface area contributed by atoms with Gasteiger partial charge in [0.15, 0.2) is 0 Å². The van der Waals surface area contributed by atoms with Crippen LogP contribution >= 0.6 is 0 Å². The van der Waals surface area contributed by atoms with Gasteiger partial charge in [-0.3, -0.25) is 4.79 Å². The Morgan fingerprint density at radius 2 is 2.25 bits per heavy atom. The van der Waals surface area contributed by atoms with Gasteiger partial charge in [-0.15, -0.1) is 0 Å². The number of rotatable bonds is 5. The standard InChI is InChI=1S/C17H21N3O3S/c1-24(22,23)19-13-16-7-2-3-10-20(16)17(21)9-8-14-5-4-6-15(11-14)12-18/h4-6,8-9,11,16,19H,2-3,7,10,13H2,1H3/b9-8-/t16-/m0/s1. The van der Waals surface area contributed by atoms with Crippen molar-refractivity contribution in [1.29, 1.82) is 5.26 Å². The first-order valence-corrected chi connectivity index (χ1v) is 9.71. The van der Waals surface area contributed by atoms with E-state index < -0.39 is 10.0 Å². The molecule has 0 aromatic heterocycles. The number of piperidine rings is 1. The number of hydrogen-bond donors (Lipinski definition) is 1. The second-order valence-corrected chi connectivity index (χ2v) is 7.71. The molecular formula is C17H21N3O3S. The number of nitriles is 1. The van der Waals surface area contributed by atoms with Crippen LogP contribution in [0.25, 0.3) is 6.08 Å². The summed E-state index contributed by atoms with van der Waals surface area (Å²) in [4.78, 5) is 14.2. The van der Waals surface area contributed by atoms with Crippen molar-refractivity contribution in [3.8, 4) is 6.07 Å².